The number of aliphatic hydroxyl groups is 1. The van der Waals surface area contributed by atoms with Crippen LogP contribution in [0.25, 0.3) is 0 Å². The molecule has 0 aromatic heterocycles. The van der Waals surface area contributed by atoms with Crippen LogP contribution in [0, 0.1) is 17.7 Å². The molecule has 0 aliphatic heterocycles. The zero-order valence-corrected chi connectivity index (χ0v) is 8.79. The van der Waals surface area contributed by atoms with Crippen LogP contribution in [-0.2, 0) is 4.74 Å². The summed E-state index contributed by atoms with van der Waals surface area (Å²) in [5.74, 6) is 4.02. The van der Waals surface area contributed by atoms with Gasteiger partial charge in [0, 0.05) is 12.0 Å². The fourth-order valence-corrected chi connectivity index (χ4v) is 1.09. The van der Waals surface area contributed by atoms with Gasteiger partial charge in [-0.1, -0.05) is 11.8 Å². The Bertz CT molecular complexity index is 443. The third kappa shape index (κ3) is 3.07. The molecule has 16 heavy (non-hydrogen) atoms. The largest absolute Gasteiger partial charge is 0.465 e. The number of methoxy groups -OCH3 is 1. The van der Waals surface area contributed by atoms with Gasteiger partial charge < -0.3 is 9.84 Å². The van der Waals surface area contributed by atoms with Crippen LogP contribution in [0.3, 0.4) is 0 Å². The molecule has 0 aliphatic rings. The molecule has 0 amide bonds. The Morgan fingerprint density at radius 2 is 2.31 bits per heavy atom. The van der Waals surface area contributed by atoms with Crippen molar-refractivity contribution in [1.29, 1.82) is 0 Å². The van der Waals surface area contributed by atoms with Crippen LogP contribution in [0.15, 0.2) is 18.2 Å². The molecule has 0 fully saturated rings. The number of benzene rings is 1. The van der Waals surface area contributed by atoms with E-state index in [1.165, 1.54) is 19.2 Å². The van der Waals surface area contributed by atoms with Gasteiger partial charge >= 0.3 is 5.97 Å². The fourth-order valence-electron chi connectivity index (χ4n) is 1.09. The molecule has 0 heterocycles. The number of aliphatic hydroxyl groups excluding tert-OH is 1. The average Bonchev–Trinajstić information content (AvgIpc) is 2.30. The predicted octanol–water partition coefficient (Wildman–Crippen LogP) is 1.35. The number of carbonyl (C=O) groups is 1. The summed E-state index contributed by atoms with van der Waals surface area (Å²) in [6.45, 7) is -0.0297. The van der Waals surface area contributed by atoms with Gasteiger partial charge in [-0.05, 0) is 18.2 Å². The summed E-state index contributed by atoms with van der Waals surface area (Å²) < 4.78 is 17.6. The summed E-state index contributed by atoms with van der Waals surface area (Å²) in [5.41, 5.74) is 0.369. The standard InChI is InChI=1S/C12H11FO3/c1-16-12(15)10-8-9(4-2-3-7-14)5-6-11(10)13/h5-6,8,14H,3,7H2,1H3. The second kappa shape index (κ2) is 5.89. The molecule has 0 bridgehead atoms. The number of carbonyl (C=O) groups excluding carboxylic acids is 1. The normalized spacial score (nSPS) is 9.19. The van der Waals surface area contributed by atoms with Crippen LogP contribution in [0.5, 0.6) is 0 Å². The molecule has 3 nitrogen and oxygen atoms in total. The van der Waals surface area contributed by atoms with Crippen molar-refractivity contribution in [3.8, 4) is 11.8 Å². The topological polar surface area (TPSA) is 46.5 Å². The lowest BCUT2D eigenvalue weighted by Crippen LogP contribution is -2.04. The zero-order chi connectivity index (χ0) is 12.0. The van der Waals surface area contributed by atoms with Crippen LogP contribution < -0.4 is 0 Å². The van der Waals surface area contributed by atoms with Crippen LogP contribution >= 0.6 is 0 Å². The van der Waals surface area contributed by atoms with E-state index in [2.05, 4.69) is 16.6 Å². The number of ether oxygens (including phenoxy) is 1. The van der Waals surface area contributed by atoms with Crippen molar-refractivity contribution >= 4 is 5.97 Å². The summed E-state index contributed by atoms with van der Waals surface area (Å²) in [6, 6.07) is 3.95. The SMILES string of the molecule is COC(=O)c1cc(C#CCCO)ccc1F. The quantitative estimate of drug-likeness (QED) is 0.606. The smallest absolute Gasteiger partial charge is 0.340 e. The third-order valence-electron chi connectivity index (χ3n) is 1.84. The maximum atomic E-state index is 13.2. The van der Waals surface area contributed by atoms with Gasteiger partial charge in [-0.25, -0.2) is 9.18 Å². The Kier molecular flexibility index (Phi) is 4.49. The molecular formula is C12H11FO3. The molecular weight excluding hydrogens is 211 g/mol. The zero-order valence-electron chi connectivity index (χ0n) is 8.79. The number of halogens is 1. The average molecular weight is 222 g/mol. The fraction of sp³-hybridized carbons (Fsp3) is 0.250. The van der Waals surface area contributed by atoms with Crippen molar-refractivity contribution in [2.45, 2.75) is 6.42 Å². The van der Waals surface area contributed by atoms with Crippen LogP contribution in [0.1, 0.15) is 22.3 Å². The van der Waals surface area contributed by atoms with E-state index >= 15 is 0 Å². The minimum Gasteiger partial charge on any atom is -0.465 e. The molecule has 1 N–H and O–H groups in total. The van der Waals surface area contributed by atoms with Gasteiger partial charge in [0.25, 0.3) is 0 Å². The lowest BCUT2D eigenvalue weighted by molar-refractivity contribution is 0.0595. The van der Waals surface area contributed by atoms with E-state index in [-0.39, 0.29) is 12.2 Å². The Labute approximate surface area is 92.9 Å². The highest BCUT2D eigenvalue weighted by atomic mass is 19.1. The molecule has 0 saturated carbocycles. The highest BCUT2D eigenvalue weighted by Gasteiger charge is 2.11. The van der Waals surface area contributed by atoms with Gasteiger partial charge in [-0.15, -0.1) is 0 Å². The van der Waals surface area contributed by atoms with Crippen molar-refractivity contribution < 1.29 is 19.0 Å². The Balaban J connectivity index is 2.99. The van der Waals surface area contributed by atoms with Crippen molar-refractivity contribution in [3.63, 3.8) is 0 Å². The molecule has 0 aliphatic carbocycles. The van der Waals surface area contributed by atoms with Gasteiger partial charge in [-0.3, -0.25) is 0 Å². The van der Waals surface area contributed by atoms with E-state index in [0.29, 0.717) is 12.0 Å². The van der Waals surface area contributed by atoms with Gasteiger partial charge in [0.1, 0.15) is 5.82 Å². The molecule has 0 radical (unpaired) electrons. The van der Waals surface area contributed by atoms with E-state index in [9.17, 15) is 9.18 Å². The first-order valence-corrected chi connectivity index (χ1v) is 4.66. The molecule has 0 spiro atoms. The summed E-state index contributed by atoms with van der Waals surface area (Å²) in [6.07, 6.45) is 0.338. The molecule has 4 heteroatoms. The Morgan fingerprint density at radius 1 is 1.56 bits per heavy atom. The number of hydrogen-bond acceptors (Lipinski definition) is 3. The number of hydrogen-bond donors (Lipinski definition) is 1. The predicted molar refractivity (Wildman–Crippen MR) is 56.3 cm³/mol. The van der Waals surface area contributed by atoms with E-state index in [4.69, 9.17) is 5.11 Å². The second-order valence-corrected chi connectivity index (χ2v) is 2.96. The molecule has 1 rings (SSSR count). The van der Waals surface area contributed by atoms with Gasteiger partial charge in [0.15, 0.2) is 0 Å². The van der Waals surface area contributed by atoms with Crippen molar-refractivity contribution in [2.24, 2.45) is 0 Å². The monoisotopic (exact) mass is 222 g/mol. The van der Waals surface area contributed by atoms with Crippen LogP contribution in [0.4, 0.5) is 4.39 Å². The summed E-state index contributed by atoms with van der Waals surface area (Å²) >= 11 is 0. The van der Waals surface area contributed by atoms with E-state index in [1.807, 2.05) is 0 Å². The van der Waals surface area contributed by atoms with Crippen molar-refractivity contribution in [3.05, 3.63) is 35.1 Å². The van der Waals surface area contributed by atoms with Gasteiger partial charge in [0.2, 0.25) is 0 Å². The van der Waals surface area contributed by atoms with Crippen LogP contribution in [0.2, 0.25) is 0 Å². The molecule has 0 unspecified atom stereocenters. The van der Waals surface area contributed by atoms with Crippen molar-refractivity contribution in [1.82, 2.24) is 0 Å². The molecule has 1 aromatic carbocycles. The molecule has 0 saturated heterocycles. The molecule has 0 atom stereocenters. The highest BCUT2D eigenvalue weighted by Crippen LogP contribution is 2.11. The van der Waals surface area contributed by atoms with E-state index < -0.39 is 11.8 Å². The minimum absolute atomic E-state index is 0.0297. The van der Waals surface area contributed by atoms with E-state index in [0.717, 1.165) is 6.07 Å². The van der Waals surface area contributed by atoms with Crippen molar-refractivity contribution in [2.75, 3.05) is 13.7 Å². The molecule has 1 aromatic rings. The summed E-state index contributed by atoms with van der Waals surface area (Å²) in [5, 5.41) is 8.53. The maximum Gasteiger partial charge on any atom is 0.340 e. The highest BCUT2D eigenvalue weighted by molar-refractivity contribution is 5.90. The van der Waals surface area contributed by atoms with Gasteiger partial charge in [-0.2, -0.15) is 0 Å². The first kappa shape index (κ1) is 12.2. The summed E-state index contributed by atoms with van der Waals surface area (Å²) in [7, 11) is 1.19. The first-order chi connectivity index (χ1) is 7.69. The lowest BCUT2D eigenvalue weighted by Gasteiger charge is -2.01. The van der Waals surface area contributed by atoms with Crippen LogP contribution in [-0.4, -0.2) is 24.8 Å². The molecule has 84 valence electrons. The Hall–Kier alpha value is -1.86. The maximum absolute atomic E-state index is 13.2. The second-order valence-electron chi connectivity index (χ2n) is 2.96. The number of esters is 1. The minimum atomic E-state index is -0.733. The Morgan fingerprint density at radius 3 is 2.94 bits per heavy atom. The summed E-state index contributed by atoms with van der Waals surface area (Å²) in [4.78, 5) is 11.2. The van der Waals surface area contributed by atoms with E-state index in [1.54, 1.807) is 0 Å². The lowest BCUT2D eigenvalue weighted by atomic mass is 10.1. The first-order valence-electron chi connectivity index (χ1n) is 4.66. The third-order valence-corrected chi connectivity index (χ3v) is 1.84. The number of rotatable bonds is 2. The van der Waals surface area contributed by atoms with Gasteiger partial charge in [0.05, 0.1) is 19.3 Å².